The minimum Gasteiger partial charge on any atom is -0.478 e. The lowest BCUT2D eigenvalue weighted by Gasteiger charge is -2.15. The van der Waals surface area contributed by atoms with E-state index in [9.17, 15) is 29.4 Å². The van der Waals surface area contributed by atoms with Crippen LogP contribution in [0.15, 0.2) is 82.5 Å². The van der Waals surface area contributed by atoms with Gasteiger partial charge in [0.25, 0.3) is 0 Å². The van der Waals surface area contributed by atoms with Crippen LogP contribution in [0, 0.1) is 0 Å². The molecule has 0 heterocycles. The highest BCUT2D eigenvalue weighted by molar-refractivity contribution is 6.03. The van der Waals surface area contributed by atoms with Crippen molar-refractivity contribution in [3.05, 3.63) is 105 Å². The van der Waals surface area contributed by atoms with Gasteiger partial charge in [-0.2, -0.15) is 0 Å². The molecular weight excluding hydrogens is 500 g/mol. The van der Waals surface area contributed by atoms with Crippen LogP contribution in [0.1, 0.15) is 56.9 Å². The van der Waals surface area contributed by atoms with Gasteiger partial charge in [-0.25, -0.2) is 19.2 Å². The quantitative estimate of drug-likeness (QED) is 0.215. The Balaban J connectivity index is 2.66. The summed E-state index contributed by atoms with van der Waals surface area (Å²) in [7, 11) is 0. The molecule has 8 heteroatoms. The molecule has 202 valence electrons. The fourth-order valence-corrected chi connectivity index (χ4v) is 3.79. The molecule has 2 aromatic carbocycles. The lowest BCUT2D eigenvalue weighted by molar-refractivity contribution is -0.133. The number of allylic oxidation sites excluding steroid dienone is 4. The lowest BCUT2D eigenvalue weighted by atomic mass is 9.90. The monoisotopic (exact) mass is 530 g/mol. The smallest absolute Gasteiger partial charge is 0.331 e. The summed E-state index contributed by atoms with van der Waals surface area (Å²) in [6, 6.07) is 13.4. The summed E-state index contributed by atoms with van der Waals surface area (Å²) in [6.45, 7) is 7.53. The van der Waals surface area contributed by atoms with Crippen LogP contribution in [-0.4, -0.2) is 44.3 Å². The Bertz CT molecular complexity index is 1460. The molecule has 0 saturated carbocycles. The van der Waals surface area contributed by atoms with Gasteiger partial charge < -0.3 is 20.4 Å². The van der Waals surface area contributed by atoms with Crippen molar-refractivity contribution in [2.45, 2.75) is 34.6 Å². The molecule has 4 N–H and O–H groups in total. The van der Waals surface area contributed by atoms with Gasteiger partial charge >= 0.3 is 23.9 Å². The van der Waals surface area contributed by atoms with E-state index >= 15 is 0 Å². The van der Waals surface area contributed by atoms with Gasteiger partial charge in [-0.1, -0.05) is 54.6 Å². The van der Waals surface area contributed by atoms with E-state index in [1.165, 1.54) is 39.8 Å². The second kappa shape index (κ2) is 13.0. The van der Waals surface area contributed by atoms with Crippen LogP contribution < -0.4 is 0 Å². The van der Waals surface area contributed by atoms with Gasteiger partial charge in [0.1, 0.15) is 0 Å². The van der Waals surface area contributed by atoms with Crippen molar-refractivity contribution in [1.82, 2.24) is 0 Å². The summed E-state index contributed by atoms with van der Waals surface area (Å²) in [5.41, 5.74) is 4.00. The third-order valence-electron chi connectivity index (χ3n) is 6.04. The Hall–Kier alpha value is -4.98. The molecule has 0 amide bonds. The van der Waals surface area contributed by atoms with Crippen LogP contribution in [-0.2, 0) is 19.2 Å². The molecule has 0 unspecified atom stereocenters. The van der Waals surface area contributed by atoms with E-state index in [2.05, 4.69) is 0 Å². The van der Waals surface area contributed by atoms with Gasteiger partial charge in [0.15, 0.2) is 0 Å². The molecule has 2 aromatic rings. The average molecular weight is 531 g/mol. The molecule has 0 radical (unpaired) electrons. The Labute approximate surface area is 226 Å². The number of rotatable bonds is 10. The minimum absolute atomic E-state index is 0.0383. The first-order chi connectivity index (χ1) is 18.2. The summed E-state index contributed by atoms with van der Waals surface area (Å²) in [6.07, 6.45) is 4.60. The maximum Gasteiger partial charge on any atom is 0.331 e. The molecule has 0 aliphatic heterocycles. The Morgan fingerprint density at radius 1 is 0.513 bits per heavy atom. The van der Waals surface area contributed by atoms with Crippen molar-refractivity contribution >= 4 is 47.2 Å². The normalized spacial score (nSPS) is 13.8. The average Bonchev–Trinajstić information content (AvgIpc) is 2.88. The lowest BCUT2D eigenvalue weighted by Crippen LogP contribution is -2.04. The van der Waals surface area contributed by atoms with Gasteiger partial charge in [-0.15, -0.1) is 0 Å². The maximum absolute atomic E-state index is 12.0. The molecule has 2 rings (SSSR count). The van der Waals surface area contributed by atoms with Crippen LogP contribution in [0.3, 0.4) is 0 Å². The topological polar surface area (TPSA) is 149 Å². The largest absolute Gasteiger partial charge is 0.478 e. The number of hydrogen-bond donors (Lipinski definition) is 4. The first-order valence-electron chi connectivity index (χ1n) is 11.8. The highest BCUT2D eigenvalue weighted by Gasteiger charge is 2.17. The number of carboxylic acid groups (broad SMARTS) is 4. The predicted molar refractivity (Wildman–Crippen MR) is 150 cm³/mol. The molecule has 39 heavy (non-hydrogen) atoms. The van der Waals surface area contributed by atoms with E-state index in [1.54, 1.807) is 61.5 Å². The third-order valence-corrected chi connectivity index (χ3v) is 6.04. The van der Waals surface area contributed by atoms with Crippen LogP contribution in [0.2, 0.25) is 0 Å². The molecule has 0 spiro atoms. The van der Waals surface area contributed by atoms with Crippen molar-refractivity contribution in [3.63, 3.8) is 0 Å². The first kappa shape index (κ1) is 30.2. The molecule has 0 fully saturated rings. The van der Waals surface area contributed by atoms with E-state index in [-0.39, 0.29) is 22.3 Å². The predicted octanol–water partition coefficient (Wildman–Crippen LogP) is 6.03. The Morgan fingerprint density at radius 2 is 0.897 bits per heavy atom. The Kier molecular flexibility index (Phi) is 10.1. The number of hydrogen-bond acceptors (Lipinski definition) is 4. The first-order valence-corrected chi connectivity index (χ1v) is 11.8. The molecule has 0 saturated heterocycles. The van der Waals surface area contributed by atoms with Gasteiger partial charge in [0, 0.05) is 22.3 Å². The second-order valence-corrected chi connectivity index (χ2v) is 8.99. The SMILES string of the molecule is CC(=Cc1ccc(C(C=C(C)C(=C(C)C(=O)O)c2ccc(C=C(C)C(=O)O)cc2)=C(C)C(=O)O)cc1)C(=O)O. The molecular formula is C31H30O8. The number of carbonyl (C=O) groups is 4. The second-order valence-electron chi connectivity index (χ2n) is 8.99. The van der Waals surface area contributed by atoms with Gasteiger partial charge in [-0.3, -0.25) is 0 Å². The van der Waals surface area contributed by atoms with Crippen molar-refractivity contribution in [2.24, 2.45) is 0 Å². The molecule has 8 nitrogen and oxygen atoms in total. The zero-order valence-corrected chi connectivity index (χ0v) is 22.3. The maximum atomic E-state index is 12.0. The van der Waals surface area contributed by atoms with Crippen molar-refractivity contribution < 1.29 is 39.6 Å². The van der Waals surface area contributed by atoms with E-state index in [0.29, 0.717) is 39.0 Å². The fraction of sp³-hybridized carbons (Fsp3) is 0.161. The molecule has 0 aromatic heterocycles. The summed E-state index contributed by atoms with van der Waals surface area (Å²) in [4.78, 5) is 46.1. The summed E-state index contributed by atoms with van der Waals surface area (Å²) in [5, 5.41) is 37.7. The standard InChI is InChI=1S/C31H30O8/c1-17(27(21(5)31(38)39)25-12-8-23(9-13-25)15-19(3)29(34)35)16-26(20(4)30(36)37)24-10-6-22(7-11-24)14-18(2)28(32)33/h6-16H,1-5H3,(H,32,33)(H,34,35)(H,36,37)(H,38,39). The number of benzene rings is 2. The van der Waals surface area contributed by atoms with Crippen LogP contribution in [0.5, 0.6) is 0 Å². The van der Waals surface area contributed by atoms with Crippen LogP contribution >= 0.6 is 0 Å². The van der Waals surface area contributed by atoms with Gasteiger partial charge in [0.2, 0.25) is 0 Å². The van der Waals surface area contributed by atoms with E-state index < -0.39 is 23.9 Å². The summed E-state index contributed by atoms with van der Waals surface area (Å²) in [5.74, 6) is -4.39. The highest BCUT2D eigenvalue weighted by atomic mass is 16.4. The number of aliphatic carboxylic acids is 4. The number of carboxylic acids is 4. The fourth-order valence-electron chi connectivity index (χ4n) is 3.79. The van der Waals surface area contributed by atoms with Crippen LogP contribution in [0.4, 0.5) is 0 Å². The highest BCUT2D eigenvalue weighted by Crippen LogP contribution is 2.32. The van der Waals surface area contributed by atoms with Crippen molar-refractivity contribution in [1.29, 1.82) is 0 Å². The summed E-state index contributed by atoms with van der Waals surface area (Å²) < 4.78 is 0. The van der Waals surface area contributed by atoms with Crippen molar-refractivity contribution in [2.75, 3.05) is 0 Å². The minimum atomic E-state index is -1.15. The molecule has 0 aliphatic carbocycles. The van der Waals surface area contributed by atoms with Crippen LogP contribution in [0.25, 0.3) is 23.3 Å². The zero-order valence-electron chi connectivity index (χ0n) is 22.3. The molecule has 0 bridgehead atoms. The van der Waals surface area contributed by atoms with E-state index in [4.69, 9.17) is 10.2 Å². The molecule has 0 atom stereocenters. The molecule has 0 aliphatic rings. The van der Waals surface area contributed by atoms with Gasteiger partial charge in [-0.05, 0) is 85.7 Å². The summed E-state index contributed by atoms with van der Waals surface area (Å²) >= 11 is 0. The Morgan fingerprint density at radius 3 is 1.26 bits per heavy atom. The van der Waals surface area contributed by atoms with Crippen molar-refractivity contribution in [3.8, 4) is 0 Å². The van der Waals surface area contributed by atoms with E-state index in [0.717, 1.165) is 0 Å². The zero-order chi connectivity index (χ0) is 29.4. The van der Waals surface area contributed by atoms with Gasteiger partial charge in [0.05, 0.1) is 0 Å². The third kappa shape index (κ3) is 8.00. The van der Waals surface area contributed by atoms with E-state index in [1.807, 2.05) is 0 Å².